The Hall–Kier alpha value is -3.39. The van der Waals surface area contributed by atoms with Crippen molar-refractivity contribution >= 4 is 23.2 Å². The van der Waals surface area contributed by atoms with Crippen molar-refractivity contribution in [1.82, 2.24) is 15.3 Å². The fourth-order valence-corrected chi connectivity index (χ4v) is 4.52. The summed E-state index contributed by atoms with van der Waals surface area (Å²) >= 11 is 0. The average Bonchev–Trinajstić information content (AvgIpc) is 3.36. The van der Waals surface area contributed by atoms with E-state index >= 15 is 0 Å². The van der Waals surface area contributed by atoms with E-state index in [0.29, 0.717) is 17.5 Å². The number of carbonyl (C=O) groups excluding carboxylic acids is 1. The summed E-state index contributed by atoms with van der Waals surface area (Å²) < 4.78 is 5.84. The molecule has 0 aliphatic carbocycles. The molecule has 2 aromatic heterocycles. The lowest BCUT2D eigenvalue weighted by molar-refractivity contribution is 0.0990. The van der Waals surface area contributed by atoms with E-state index in [9.17, 15) is 4.79 Å². The minimum absolute atomic E-state index is 0.0697. The lowest BCUT2D eigenvalue weighted by Crippen LogP contribution is -2.43. The van der Waals surface area contributed by atoms with E-state index in [-0.39, 0.29) is 11.8 Å². The molecule has 2 aliphatic heterocycles. The van der Waals surface area contributed by atoms with Crippen molar-refractivity contribution in [3.63, 3.8) is 0 Å². The molecule has 0 radical (unpaired) electrons. The number of carbonyl (C=O) groups is 1. The number of aromatic nitrogens is 2. The number of benzene rings is 1. The van der Waals surface area contributed by atoms with Crippen LogP contribution < -0.4 is 20.4 Å². The van der Waals surface area contributed by atoms with Crippen LogP contribution >= 0.6 is 0 Å². The third-order valence-electron chi connectivity index (χ3n) is 6.27. The van der Waals surface area contributed by atoms with Crippen LogP contribution in [0.15, 0.2) is 59.4 Å². The largest absolute Gasteiger partial charge is 0.416 e. The number of nitrogens with zero attached hydrogens (tertiary/aromatic N) is 4. The second-order valence-electron chi connectivity index (χ2n) is 8.26. The highest BCUT2D eigenvalue weighted by molar-refractivity contribution is 6.03. The summed E-state index contributed by atoms with van der Waals surface area (Å²) in [6.07, 6.45) is 7.17. The first-order valence-electron chi connectivity index (χ1n) is 11.2. The van der Waals surface area contributed by atoms with Crippen molar-refractivity contribution in [3.8, 4) is 0 Å². The van der Waals surface area contributed by atoms with Crippen molar-refractivity contribution in [2.75, 3.05) is 54.4 Å². The van der Waals surface area contributed by atoms with Gasteiger partial charge in [-0.1, -0.05) is 30.3 Å². The first kappa shape index (κ1) is 20.5. The molecule has 2 N–H and O–H groups in total. The molecular formula is C24H28N6O2. The van der Waals surface area contributed by atoms with E-state index in [2.05, 4.69) is 60.7 Å². The van der Waals surface area contributed by atoms with Gasteiger partial charge in [0.25, 0.3) is 5.89 Å². The summed E-state index contributed by atoms with van der Waals surface area (Å²) in [4.78, 5) is 25.7. The Kier molecular flexibility index (Phi) is 6.02. The lowest BCUT2D eigenvalue weighted by atomic mass is 9.89. The summed E-state index contributed by atoms with van der Waals surface area (Å²) in [5, 5.41) is 6.27. The number of pyridine rings is 1. The Morgan fingerprint density at radius 1 is 1.00 bits per heavy atom. The van der Waals surface area contributed by atoms with Crippen LogP contribution in [0.2, 0.25) is 0 Å². The van der Waals surface area contributed by atoms with Gasteiger partial charge in [-0.2, -0.15) is 0 Å². The Balaban J connectivity index is 1.22. The number of hydrogen-bond acceptors (Lipinski definition) is 7. The molecule has 0 spiro atoms. The molecule has 166 valence electrons. The van der Waals surface area contributed by atoms with Crippen LogP contribution in [0.3, 0.4) is 0 Å². The van der Waals surface area contributed by atoms with E-state index in [1.54, 1.807) is 18.6 Å². The Bertz CT molecular complexity index is 1040. The number of nitrogens with one attached hydrogen (secondary N) is 2. The predicted molar refractivity (Wildman–Crippen MR) is 124 cm³/mol. The first-order chi connectivity index (χ1) is 15.8. The molecule has 8 nitrogen and oxygen atoms in total. The smallest absolute Gasteiger partial charge is 0.311 e. The standard InChI is InChI=1S/C24H28N6O2/c31-23(28-20-16-26-9-6-21(20)29-14-10-25-11-15-29)24-27-17-22(32-24)30-12-7-19(8-13-30)18-4-2-1-3-5-18/h1-6,9,16-17,19,25H,7-8,10-15H2,(H,28,31). The minimum Gasteiger partial charge on any atom is -0.416 e. The third-order valence-corrected chi connectivity index (χ3v) is 6.27. The minimum atomic E-state index is -0.361. The fraction of sp³-hybridized carbons (Fsp3) is 0.375. The van der Waals surface area contributed by atoms with Gasteiger partial charge in [0.05, 0.1) is 23.8 Å². The summed E-state index contributed by atoms with van der Waals surface area (Å²) in [5.74, 6) is 0.919. The maximum Gasteiger partial charge on any atom is 0.311 e. The maximum absolute atomic E-state index is 12.8. The Morgan fingerprint density at radius 3 is 2.56 bits per heavy atom. The van der Waals surface area contributed by atoms with Gasteiger partial charge in [-0.15, -0.1) is 0 Å². The van der Waals surface area contributed by atoms with E-state index in [1.165, 1.54) is 5.56 Å². The highest BCUT2D eigenvalue weighted by atomic mass is 16.4. The average molecular weight is 433 g/mol. The maximum atomic E-state index is 12.8. The molecule has 8 heteroatoms. The van der Waals surface area contributed by atoms with Crippen molar-refractivity contribution in [3.05, 3.63) is 66.4 Å². The zero-order valence-electron chi connectivity index (χ0n) is 18.0. The van der Waals surface area contributed by atoms with Gasteiger partial charge in [0.15, 0.2) is 0 Å². The van der Waals surface area contributed by atoms with E-state index in [0.717, 1.165) is 57.8 Å². The van der Waals surface area contributed by atoms with Gasteiger partial charge in [-0.05, 0) is 30.4 Å². The predicted octanol–water partition coefficient (Wildman–Crippen LogP) is 3.12. The third kappa shape index (κ3) is 4.45. The molecular weight excluding hydrogens is 404 g/mol. The molecule has 5 rings (SSSR count). The van der Waals surface area contributed by atoms with Crippen LogP contribution in [0.5, 0.6) is 0 Å². The highest BCUT2D eigenvalue weighted by Crippen LogP contribution is 2.31. The fourth-order valence-electron chi connectivity index (χ4n) is 4.52. The molecule has 1 aromatic carbocycles. The topological polar surface area (TPSA) is 86.5 Å². The monoisotopic (exact) mass is 432 g/mol. The van der Waals surface area contributed by atoms with Crippen LogP contribution in [0.1, 0.15) is 35.0 Å². The molecule has 2 saturated heterocycles. The van der Waals surface area contributed by atoms with Crippen LogP contribution in [-0.4, -0.2) is 55.1 Å². The molecule has 0 atom stereocenters. The first-order valence-corrected chi connectivity index (χ1v) is 11.2. The van der Waals surface area contributed by atoms with E-state index in [1.807, 2.05) is 6.07 Å². The number of piperidine rings is 1. The zero-order valence-corrected chi connectivity index (χ0v) is 18.0. The molecule has 2 fully saturated rings. The molecule has 4 heterocycles. The van der Waals surface area contributed by atoms with Crippen molar-refractivity contribution in [2.45, 2.75) is 18.8 Å². The summed E-state index contributed by atoms with van der Waals surface area (Å²) in [6.45, 7) is 5.36. The Morgan fingerprint density at radius 2 is 1.78 bits per heavy atom. The number of rotatable bonds is 5. The number of oxazole rings is 1. The SMILES string of the molecule is O=C(Nc1cnccc1N1CCNCC1)c1ncc(N2CCC(c3ccccc3)CC2)o1. The Labute approximate surface area is 187 Å². The molecule has 2 aliphatic rings. The summed E-state index contributed by atoms with van der Waals surface area (Å²) in [7, 11) is 0. The highest BCUT2D eigenvalue weighted by Gasteiger charge is 2.24. The second-order valence-corrected chi connectivity index (χ2v) is 8.26. The van der Waals surface area contributed by atoms with Gasteiger partial charge in [0, 0.05) is 45.5 Å². The van der Waals surface area contributed by atoms with Gasteiger partial charge >= 0.3 is 5.91 Å². The van der Waals surface area contributed by atoms with E-state index < -0.39 is 0 Å². The van der Waals surface area contributed by atoms with Gasteiger partial charge < -0.3 is 24.9 Å². The van der Waals surface area contributed by atoms with E-state index in [4.69, 9.17) is 4.42 Å². The zero-order chi connectivity index (χ0) is 21.8. The molecule has 1 amide bonds. The van der Waals surface area contributed by atoms with Crippen LogP contribution in [0.25, 0.3) is 0 Å². The van der Waals surface area contributed by atoms with Crippen LogP contribution in [-0.2, 0) is 0 Å². The molecule has 32 heavy (non-hydrogen) atoms. The summed E-state index contributed by atoms with van der Waals surface area (Å²) in [6, 6.07) is 12.6. The molecule has 0 saturated carbocycles. The van der Waals surface area contributed by atoms with Gasteiger partial charge in [0.1, 0.15) is 0 Å². The number of hydrogen-bond donors (Lipinski definition) is 2. The van der Waals surface area contributed by atoms with Crippen molar-refractivity contribution in [2.24, 2.45) is 0 Å². The van der Waals surface area contributed by atoms with Gasteiger partial charge in [0.2, 0.25) is 5.88 Å². The summed E-state index contributed by atoms with van der Waals surface area (Å²) in [5.41, 5.74) is 3.02. The number of piperazine rings is 1. The number of anilines is 3. The molecule has 0 bridgehead atoms. The normalized spacial score (nSPS) is 17.4. The molecule has 0 unspecified atom stereocenters. The number of amides is 1. The van der Waals surface area contributed by atoms with Crippen molar-refractivity contribution < 1.29 is 9.21 Å². The second kappa shape index (κ2) is 9.40. The van der Waals surface area contributed by atoms with Gasteiger partial charge in [-0.25, -0.2) is 4.98 Å². The molecule has 3 aromatic rings. The van der Waals surface area contributed by atoms with Gasteiger partial charge in [-0.3, -0.25) is 9.78 Å². The van der Waals surface area contributed by atoms with Crippen LogP contribution in [0.4, 0.5) is 17.3 Å². The lowest BCUT2D eigenvalue weighted by Gasteiger charge is -2.31. The quantitative estimate of drug-likeness (QED) is 0.641. The van der Waals surface area contributed by atoms with Crippen molar-refractivity contribution in [1.29, 1.82) is 0 Å². The van der Waals surface area contributed by atoms with Crippen LogP contribution in [0, 0.1) is 0 Å².